The molecule has 0 saturated heterocycles. The third-order valence-corrected chi connectivity index (χ3v) is 7.98. The molecular formula is C34H40N2O5. The number of nitrogens with one attached hydrogen (secondary N) is 2. The van der Waals surface area contributed by atoms with Gasteiger partial charge in [0.15, 0.2) is 29.7 Å². The maximum Gasteiger partial charge on any atom is 0.262 e. The van der Waals surface area contributed by atoms with Crippen molar-refractivity contribution in [3.05, 3.63) is 76.1 Å². The van der Waals surface area contributed by atoms with Crippen molar-refractivity contribution >= 4 is 23.2 Å². The molecule has 2 aromatic carbocycles. The molecule has 0 saturated carbocycles. The summed E-state index contributed by atoms with van der Waals surface area (Å²) in [5, 5.41) is 6.41. The van der Waals surface area contributed by atoms with Crippen molar-refractivity contribution in [2.45, 2.75) is 73.1 Å². The summed E-state index contributed by atoms with van der Waals surface area (Å²) in [7, 11) is 0. The molecule has 3 aliphatic rings. The smallest absolute Gasteiger partial charge is 0.262 e. The van der Waals surface area contributed by atoms with Crippen LogP contribution in [0.3, 0.4) is 0 Å². The highest BCUT2D eigenvalue weighted by Crippen LogP contribution is 2.51. The molecule has 0 atom stereocenters. The Hall–Kier alpha value is -3.87. The highest BCUT2D eigenvalue weighted by atomic mass is 16.5. The van der Waals surface area contributed by atoms with E-state index in [1.807, 2.05) is 50.2 Å². The van der Waals surface area contributed by atoms with Crippen LogP contribution in [0, 0.1) is 17.8 Å². The summed E-state index contributed by atoms with van der Waals surface area (Å²) in [6.07, 6.45) is 2.35. The van der Waals surface area contributed by atoms with Crippen LogP contribution in [0.25, 0.3) is 0 Å². The monoisotopic (exact) mass is 556 g/mol. The highest BCUT2D eigenvalue weighted by Gasteiger charge is 2.46. The van der Waals surface area contributed by atoms with E-state index in [0.717, 1.165) is 35.4 Å². The van der Waals surface area contributed by atoms with Crippen molar-refractivity contribution in [2.75, 3.05) is 18.5 Å². The maximum absolute atomic E-state index is 13.6. The first-order chi connectivity index (χ1) is 19.4. The van der Waals surface area contributed by atoms with Crippen LogP contribution in [-0.2, 0) is 14.4 Å². The first-order valence-electron chi connectivity index (χ1n) is 14.4. The molecule has 2 N–H and O–H groups in total. The number of aryl methyl sites for hydroxylation is 1. The van der Waals surface area contributed by atoms with Gasteiger partial charge in [0.2, 0.25) is 0 Å². The first-order valence-corrected chi connectivity index (χ1v) is 14.4. The number of amides is 1. The molecule has 1 amide bonds. The van der Waals surface area contributed by atoms with E-state index in [4.69, 9.17) is 9.47 Å². The quantitative estimate of drug-likeness (QED) is 0.411. The van der Waals surface area contributed by atoms with E-state index < -0.39 is 5.92 Å². The van der Waals surface area contributed by atoms with Crippen LogP contribution in [0.5, 0.6) is 11.5 Å². The Morgan fingerprint density at radius 3 is 2.10 bits per heavy atom. The van der Waals surface area contributed by atoms with E-state index in [1.54, 1.807) is 6.07 Å². The lowest BCUT2D eigenvalue weighted by Gasteiger charge is -2.44. The molecule has 7 heteroatoms. The van der Waals surface area contributed by atoms with Crippen molar-refractivity contribution in [3.8, 4) is 11.5 Å². The van der Waals surface area contributed by atoms with E-state index in [1.165, 1.54) is 0 Å². The van der Waals surface area contributed by atoms with Crippen molar-refractivity contribution in [1.29, 1.82) is 0 Å². The number of rotatable bonds is 7. The number of ketones is 2. The fourth-order valence-electron chi connectivity index (χ4n) is 6.38. The van der Waals surface area contributed by atoms with Crippen LogP contribution in [-0.4, -0.2) is 30.7 Å². The van der Waals surface area contributed by atoms with Gasteiger partial charge in [-0.25, -0.2) is 0 Å². The lowest BCUT2D eigenvalue weighted by Crippen LogP contribution is -2.42. The van der Waals surface area contributed by atoms with Crippen LogP contribution in [0.4, 0.5) is 5.69 Å². The molecule has 0 unspecified atom stereocenters. The lowest BCUT2D eigenvalue weighted by molar-refractivity contribution is -0.119. The largest absolute Gasteiger partial charge is 0.490 e. The number of anilines is 1. The van der Waals surface area contributed by atoms with Gasteiger partial charge < -0.3 is 20.1 Å². The third kappa shape index (κ3) is 6.09. The van der Waals surface area contributed by atoms with E-state index in [-0.39, 0.29) is 34.9 Å². The minimum absolute atomic E-state index is 0.0732. The predicted octanol–water partition coefficient (Wildman–Crippen LogP) is 6.38. The summed E-state index contributed by atoms with van der Waals surface area (Å²) in [4.78, 5) is 39.9. The minimum Gasteiger partial charge on any atom is -0.490 e. The van der Waals surface area contributed by atoms with Gasteiger partial charge in [0.05, 0.1) is 6.61 Å². The molecule has 0 aromatic heterocycles. The van der Waals surface area contributed by atoms with Crippen molar-refractivity contribution in [2.24, 2.45) is 10.8 Å². The zero-order valence-corrected chi connectivity index (χ0v) is 24.9. The van der Waals surface area contributed by atoms with Crippen LogP contribution >= 0.6 is 0 Å². The van der Waals surface area contributed by atoms with Gasteiger partial charge in [0.25, 0.3) is 5.91 Å². The van der Waals surface area contributed by atoms with Gasteiger partial charge >= 0.3 is 0 Å². The molecule has 2 aliphatic carbocycles. The van der Waals surface area contributed by atoms with Gasteiger partial charge in [0, 0.05) is 47.0 Å². The van der Waals surface area contributed by atoms with Crippen LogP contribution in [0.15, 0.2) is 65.0 Å². The summed E-state index contributed by atoms with van der Waals surface area (Å²) < 4.78 is 11.9. The molecule has 1 heterocycles. The second-order valence-electron chi connectivity index (χ2n) is 13.1. The van der Waals surface area contributed by atoms with Crippen molar-refractivity contribution < 1.29 is 23.9 Å². The lowest BCUT2D eigenvalue weighted by atomic mass is 9.64. The summed E-state index contributed by atoms with van der Waals surface area (Å²) in [6, 6.07) is 13.1. The SMILES string of the molecule is CCOc1cc(C2C3=C(CC(C)(C)CC3=O)NC3=C2C(=O)CC(C)(C)C3)ccc1OCC(=O)Nc1cccc(C)c1. The average molecular weight is 557 g/mol. The molecule has 41 heavy (non-hydrogen) atoms. The molecule has 0 bridgehead atoms. The van der Waals surface area contributed by atoms with Crippen LogP contribution < -0.4 is 20.1 Å². The maximum atomic E-state index is 13.6. The third-order valence-electron chi connectivity index (χ3n) is 7.98. The van der Waals surface area contributed by atoms with Crippen LogP contribution in [0.1, 0.15) is 77.3 Å². The Kier molecular flexibility index (Phi) is 7.58. The Morgan fingerprint density at radius 1 is 0.878 bits per heavy atom. The van der Waals surface area contributed by atoms with Crippen molar-refractivity contribution in [3.63, 3.8) is 0 Å². The molecular weight excluding hydrogens is 516 g/mol. The first kappa shape index (κ1) is 28.7. The Bertz CT molecular complexity index is 1430. The fourth-order valence-corrected chi connectivity index (χ4v) is 6.38. The number of carbonyl (C=O) groups excluding carboxylic acids is 3. The number of Topliss-reactive ketones (excluding diaryl/α,β-unsaturated/α-hetero) is 2. The summed E-state index contributed by atoms with van der Waals surface area (Å²) in [6.45, 7) is 12.5. The Balaban J connectivity index is 1.48. The summed E-state index contributed by atoms with van der Waals surface area (Å²) in [5.74, 6) is 0.304. The van der Waals surface area contributed by atoms with Gasteiger partial charge in [-0.15, -0.1) is 0 Å². The van der Waals surface area contributed by atoms with E-state index in [0.29, 0.717) is 47.8 Å². The average Bonchev–Trinajstić information content (AvgIpc) is 2.85. The van der Waals surface area contributed by atoms with Gasteiger partial charge in [-0.2, -0.15) is 0 Å². The van der Waals surface area contributed by atoms with Gasteiger partial charge in [-0.3, -0.25) is 14.4 Å². The molecule has 1 aliphatic heterocycles. The molecule has 216 valence electrons. The minimum atomic E-state index is -0.466. The number of dihydropyridines is 1. The molecule has 5 rings (SSSR count). The number of carbonyl (C=O) groups is 3. The summed E-state index contributed by atoms with van der Waals surface area (Å²) in [5.41, 5.74) is 5.46. The van der Waals surface area contributed by atoms with E-state index >= 15 is 0 Å². The summed E-state index contributed by atoms with van der Waals surface area (Å²) >= 11 is 0. The molecule has 7 nitrogen and oxygen atoms in total. The normalized spacial score (nSPS) is 19.8. The number of ether oxygens (including phenoxy) is 2. The number of allylic oxidation sites excluding steroid dienone is 4. The second-order valence-corrected chi connectivity index (χ2v) is 13.1. The fraction of sp³-hybridized carbons (Fsp3) is 0.441. The Morgan fingerprint density at radius 2 is 1.51 bits per heavy atom. The zero-order chi connectivity index (χ0) is 29.5. The van der Waals surface area contributed by atoms with E-state index in [2.05, 4.69) is 38.3 Å². The van der Waals surface area contributed by atoms with Gasteiger partial charge in [-0.05, 0) is 72.9 Å². The molecule has 2 aromatic rings. The molecule has 0 fully saturated rings. The number of hydrogen-bond acceptors (Lipinski definition) is 6. The second kappa shape index (κ2) is 10.8. The van der Waals surface area contributed by atoms with E-state index in [9.17, 15) is 14.4 Å². The van der Waals surface area contributed by atoms with Gasteiger partial charge in [-0.1, -0.05) is 45.9 Å². The van der Waals surface area contributed by atoms with Crippen molar-refractivity contribution in [1.82, 2.24) is 5.32 Å². The molecule has 0 spiro atoms. The number of benzene rings is 2. The van der Waals surface area contributed by atoms with Gasteiger partial charge in [0.1, 0.15) is 0 Å². The Labute approximate surface area is 242 Å². The zero-order valence-electron chi connectivity index (χ0n) is 24.9. The topological polar surface area (TPSA) is 93.7 Å². The molecule has 0 radical (unpaired) electrons. The predicted molar refractivity (Wildman–Crippen MR) is 159 cm³/mol. The number of hydrogen-bond donors (Lipinski definition) is 2. The highest BCUT2D eigenvalue weighted by molar-refractivity contribution is 6.06. The standard InChI is InChI=1S/C34H40N2O5/c1-7-40-28-14-21(11-12-27(28)41-19-29(39)35-22-10-8-9-20(2)13-22)30-31-23(15-33(3,4)17-25(31)37)36-24-16-34(5,6)18-26(38)32(24)30/h8-14,30,36H,7,15-19H2,1-6H3,(H,35,39). The van der Waals surface area contributed by atoms with Crippen LogP contribution in [0.2, 0.25) is 0 Å².